The van der Waals surface area contributed by atoms with E-state index >= 15 is 0 Å². The lowest BCUT2D eigenvalue weighted by molar-refractivity contribution is 0.402. The van der Waals surface area contributed by atoms with Gasteiger partial charge in [-0.05, 0) is 67.2 Å². The molecule has 0 radical (unpaired) electrons. The molecule has 0 saturated heterocycles. The molecule has 0 aromatic heterocycles. The molecule has 5 heteroatoms. The number of hydrogen-bond donors (Lipinski definition) is 3. The number of rotatable bonds is 3. The number of aryl methyl sites for hydroxylation is 1. The van der Waals surface area contributed by atoms with E-state index in [0.717, 1.165) is 55.1 Å². The molecule has 0 saturated carbocycles. The average molecular weight is 356 g/mol. The lowest BCUT2D eigenvalue weighted by Crippen LogP contribution is -2.41. The Morgan fingerprint density at radius 2 is 1.60 bits per heavy atom. The molecule has 2 aromatic rings. The number of hydrogen-bond acceptors (Lipinski definition) is 3. The number of aromatic hydroxyl groups is 2. The monoisotopic (exact) mass is 356 g/mol. The zero-order valence-electron chi connectivity index (χ0n) is 14.5. The molecule has 0 aliphatic carbocycles. The van der Waals surface area contributed by atoms with Gasteiger partial charge >= 0.3 is 0 Å². The first-order valence-corrected chi connectivity index (χ1v) is 9.06. The Morgan fingerprint density at radius 3 is 2.16 bits per heavy atom. The van der Waals surface area contributed by atoms with Crippen LogP contribution < -0.4 is 5.32 Å². The van der Waals surface area contributed by atoms with Crippen molar-refractivity contribution in [3.05, 3.63) is 58.7 Å². The van der Waals surface area contributed by atoms with E-state index < -0.39 is 0 Å². The summed E-state index contributed by atoms with van der Waals surface area (Å²) in [6, 6.07) is 11.9. The number of phenols is 2. The Bertz CT molecular complexity index is 726. The van der Waals surface area contributed by atoms with Crippen LogP contribution in [-0.4, -0.2) is 39.9 Å². The number of nitrogens with zero attached hydrogens (tertiary/aromatic N) is 1. The molecule has 0 fully saturated rings. The van der Waals surface area contributed by atoms with Crippen LogP contribution in [-0.2, 0) is 19.3 Å². The van der Waals surface area contributed by atoms with E-state index in [1.54, 1.807) is 12.1 Å². The van der Waals surface area contributed by atoms with E-state index in [1.165, 1.54) is 11.1 Å². The summed E-state index contributed by atoms with van der Waals surface area (Å²) in [7, 11) is 0. The van der Waals surface area contributed by atoms with Crippen molar-refractivity contribution in [2.24, 2.45) is 0 Å². The van der Waals surface area contributed by atoms with Gasteiger partial charge < -0.3 is 20.4 Å². The van der Waals surface area contributed by atoms with Crippen molar-refractivity contribution in [2.75, 3.05) is 19.6 Å². The molecule has 0 amide bonds. The lowest BCUT2D eigenvalue weighted by atomic mass is 10.0. The Morgan fingerprint density at radius 1 is 1.04 bits per heavy atom. The summed E-state index contributed by atoms with van der Waals surface area (Å²) < 4.78 is 0. The van der Waals surface area contributed by atoms with Gasteiger partial charge in [0, 0.05) is 19.6 Å². The molecule has 132 valence electrons. The normalized spacial score (nSPS) is 13.9. The second-order valence-corrected chi connectivity index (χ2v) is 6.95. The maximum absolute atomic E-state index is 9.68. The minimum absolute atomic E-state index is 0.0500. The van der Waals surface area contributed by atoms with Crippen LogP contribution in [0.4, 0.5) is 0 Å². The van der Waals surface area contributed by atoms with Gasteiger partial charge in [0.2, 0.25) is 0 Å². The summed E-state index contributed by atoms with van der Waals surface area (Å²) in [6.45, 7) is 4.53. The van der Waals surface area contributed by atoms with Crippen molar-refractivity contribution in [1.82, 2.24) is 10.2 Å². The zero-order valence-corrected chi connectivity index (χ0v) is 15.3. The van der Waals surface area contributed by atoms with E-state index in [2.05, 4.69) is 41.4 Å². The Balaban J connectivity index is 1.52. The number of nitrogens with one attached hydrogen (secondary N) is 1. The molecule has 3 rings (SSSR count). The first kappa shape index (κ1) is 17.5. The quantitative estimate of drug-likeness (QED) is 0.583. The molecule has 0 atom stereocenters. The Kier molecular flexibility index (Phi) is 5.43. The second kappa shape index (κ2) is 7.74. The predicted octanol–water partition coefficient (Wildman–Crippen LogP) is 2.92. The third-order valence-corrected chi connectivity index (χ3v) is 5.10. The summed E-state index contributed by atoms with van der Waals surface area (Å²) in [5, 5.41) is 23.5. The van der Waals surface area contributed by atoms with Crippen molar-refractivity contribution < 1.29 is 10.2 Å². The molecule has 25 heavy (non-hydrogen) atoms. The van der Waals surface area contributed by atoms with Crippen LogP contribution in [0.5, 0.6) is 11.5 Å². The van der Waals surface area contributed by atoms with Crippen molar-refractivity contribution in [3.63, 3.8) is 0 Å². The van der Waals surface area contributed by atoms with Gasteiger partial charge in [-0.15, -0.1) is 0 Å². The first-order valence-electron chi connectivity index (χ1n) is 8.65. The summed E-state index contributed by atoms with van der Waals surface area (Å²) >= 11 is 5.55. The highest BCUT2D eigenvalue weighted by atomic mass is 32.1. The van der Waals surface area contributed by atoms with Gasteiger partial charge in [0.1, 0.15) is 0 Å². The van der Waals surface area contributed by atoms with E-state index in [0.29, 0.717) is 0 Å². The Hall–Kier alpha value is -2.27. The molecule has 4 nitrogen and oxygen atoms in total. The van der Waals surface area contributed by atoms with E-state index in [1.807, 2.05) is 0 Å². The molecule has 3 N–H and O–H groups in total. The maximum Gasteiger partial charge on any atom is 0.168 e. The van der Waals surface area contributed by atoms with Crippen molar-refractivity contribution in [1.29, 1.82) is 0 Å². The average Bonchev–Trinajstić information content (AvgIpc) is 2.79. The highest BCUT2D eigenvalue weighted by Gasteiger charge is 2.17. The fraction of sp³-hybridized carbons (Fsp3) is 0.350. The van der Waals surface area contributed by atoms with Crippen LogP contribution in [0.15, 0.2) is 36.4 Å². The summed E-state index contributed by atoms with van der Waals surface area (Å²) in [6.07, 6.45) is 2.56. The molecule has 2 aromatic carbocycles. The van der Waals surface area contributed by atoms with Crippen LogP contribution in [0.1, 0.15) is 22.3 Å². The van der Waals surface area contributed by atoms with Crippen LogP contribution in [0.25, 0.3) is 0 Å². The van der Waals surface area contributed by atoms with Gasteiger partial charge in [0.05, 0.1) is 0 Å². The minimum Gasteiger partial charge on any atom is -0.504 e. The van der Waals surface area contributed by atoms with Crippen LogP contribution in [0.3, 0.4) is 0 Å². The van der Waals surface area contributed by atoms with Crippen molar-refractivity contribution >= 4 is 17.3 Å². The number of fused-ring (bicyclic) bond motifs is 1. The van der Waals surface area contributed by atoms with E-state index in [4.69, 9.17) is 12.2 Å². The minimum atomic E-state index is -0.0500. The zero-order chi connectivity index (χ0) is 17.8. The smallest absolute Gasteiger partial charge is 0.168 e. The summed E-state index contributed by atoms with van der Waals surface area (Å²) in [4.78, 5) is 2.17. The summed E-state index contributed by atoms with van der Waals surface area (Å²) in [5.41, 5.74) is 4.74. The molecular weight excluding hydrogens is 332 g/mol. The third-order valence-electron chi connectivity index (χ3n) is 4.70. The summed E-state index contributed by atoms with van der Waals surface area (Å²) in [5.74, 6) is -0.100. The highest BCUT2D eigenvalue weighted by molar-refractivity contribution is 7.80. The molecule has 0 spiro atoms. The fourth-order valence-corrected chi connectivity index (χ4v) is 3.42. The predicted molar refractivity (Wildman–Crippen MR) is 104 cm³/mol. The molecule has 0 bridgehead atoms. The fourth-order valence-electron chi connectivity index (χ4n) is 3.13. The van der Waals surface area contributed by atoms with E-state index in [9.17, 15) is 10.2 Å². The Labute approximate surface area is 154 Å². The van der Waals surface area contributed by atoms with Crippen molar-refractivity contribution in [3.8, 4) is 11.5 Å². The van der Waals surface area contributed by atoms with E-state index in [-0.39, 0.29) is 11.5 Å². The van der Waals surface area contributed by atoms with Crippen LogP contribution >= 0.6 is 12.2 Å². The van der Waals surface area contributed by atoms with Gasteiger partial charge in [-0.25, -0.2) is 0 Å². The third kappa shape index (κ3) is 4.42. The largest absolute Gasteiger partial charge is 0.504 e. The standard InChI is InChI=1S/C20H24N2O2S/c1-14-2-4-15(5-3-14)6-9-21-20(25)22-10-7-16-12-18(23)19(24)13-17(16)8-11-22/h2-5,12-13,23-24H,6-11H2,1H3,(H,21,25). The molecule has 1 aliphatic rings. The topological polar surface area (TPSA) is 55.7 Å². The van der Waals surface area contributed by atoms with Crippen LogP contribution in [0.2, 0.25) is 0 Å². The van der Waals surface area contributed by atoms with Gasteiger partial charge in [0.15, 0.2) is 16.6 Å². The van der Waals surface area contributed by atoms with Gasteiger partial charge in [-0.2, -0.15) is 0 Å². The molecule has 0 unspecified atom stereocenters. The number of phenolic OH excluding ortho intramolecular Hbond substituents is 2. The van der Waals surface area contributed by atoms with Crippen LogP contribution in [0, 0.1) is 6.92 Å². The molecule has 1 aliphatic heterocycles. The SMILES string of the molecule is Cc1ccc(CCNC(=S)N2CCc3cc(O)c(O)cc3CC2)cc1. The molecular formula is C20H24N2O2S. The second-order valence-electron chi connectivity index (χ2n) is 6.56. The highest BCUT2D eigenvalue weighted by Crippen LogP contribution is 2.30. The number of thiocarbonyl (C=S) groups is 1. The van der Waals surface area contributed by atoms with Gasteiger partial charge in [0.25, 0.3) is 0 Å². The lowest BCUT2D eigenvalue weighted by Gasteiger charge is -2.24. The van der Waals surface area contributed by atoms with Gasteiger partial charge in [-0.1, -0.05) is 29.8 Å². The molecule has 1 heterocycles. The maximum atomic E-state index is 9.68. The van der Waals surface area contributed by atoms with Crippen molar-refractivity contribution in [2.45, 2.75) is 26.2 Å². The first-order chi connectivity index (χ1) is 12.0. The number of benzene rings is 2. The van der Waals surface area contributed by atoms with Gasteiger partial charge in [-0.3, -0.25) is 0 Å².